The second-order valence-electron chi connectivity index (χ2n) is 8.92. The normalized spacial score (nSPS) is 15.5. The van der Waals surface area contributed by atoms with Gasteiger partial charge in [-0.05, 0) is 87.0 Å². The van der Waals surface area contributed by atoms with Crippen LogP contribution in [0.5, 0.6) is 5.75 Å². The average Bonchev–Trinajstić information content (AvgIpc) is 2.80. The Hall–Kier alpha value is -2.42. The molecule has 0 atom stereocenters. The van der Waals surface area contributed by atoms with E-state index in [-0.39, 0.29) is 10.8 Å². The number of piperidine rings is 1. The lowest BCUT2D eigenvalue weighted by Crippen LogP contribution is -2.39. The molecular weight excluding hydrogens is 438 g/mol. The first kappa shape index (κ1) is 25.2. The number of anilines is 1. The summed E-state index contributed by atoms with van der Waals surface area (Å²) in [4.78, 5) is 15.0. The monoisotopic (exact) mass is 473 g/mol. The van der Waals surface area contributed by atoms with Gasteiger partial charge in [0.15, 0.2) is 0 Å². The van der Waals surface area contributed by atoms with Gasteiger partial charge in [0.05, 0.1) is 18.6 Å². The molecule has 3 rings (SSSR count). The first-order valence-corrected chi connectivity index (χ1v) is 12.8. The van der Waals surface area contributed by atoms with E-state index >= 15 is 0 Å². The minimum Gasteiger partial charge on any atom is -0.497 e. The van der Waals surface area contributed by atoms with Crippen LogP contribution in [-0.2, 0) is 21.2 Å². The van der Waals surface area contributed by atoms with E-state index in [1.54, 1.807) is 26.2 Å². The topological polar surface area (TPSA) is 79.0 Å². The highest BCUT2D eigenvalue weighted by Crippen LogP contribution is 2.24. The standard InChI is InChI=1S/C25H35N3O4S/c1-19-5-10-22(17-24(19)33(30,31)27(2)3)26-25(29)18-28-15-13-21(14-16-28)7-6-20-8-11-23(32-4)12-9-20/h5,8-12,17,21H,6-7,13-16,18H2,1-4H3,(H,26,29). The van der Waals surface area contributed by atoms with Gasteiger partial charge >= 0.3 is 0 Å². The van der Waals surface area contributed by atoms with E-state index in [2.05, 4.69) is 22.3 Å². The number of amides is 1. The molecule has 2 aromatic rings. The van der Waals surface area contributed by atoms with Crippen molar-refractivity contribution in [2.24, 2.45) is 5.92 Å². The van der Waals surface area contributed by atoms with Crippen LogP contribution in [-0.4, -0.2) is 64.4 Å². The molecular formula is C25H35N3O4S. The highest BCUT2D eigenvalue weighted by molar-refractivity contribution is 7.89. The summed E-state index contributed by atoms with van der Waals surface area (Å²) in [6, 6.07) is 13.3. The predicted molar refractivity (Wildman–Crippen MR) is 131 cm³/mol. The molecule has 0 saturated carbocycles. The first-order chi connectivity index (χ1) is 15.7. The third-order valence-corrected chi connectivity index (χ3v) is 8.26. The van der Waals surface area contributed by atoms with Gasteiger partial charge in [0.2, 0.25) is 15.9 Å². The van der Waals surface area contributed by atoms with Crippen LogP contribution in [0.3, 0.4) is 0 Å². The summed E-state index contributed by atoms with van der Waals surface area (Å²) in [7, 11) is 1.12. The van der Waals surface area contributed by atoms with E-state index in [1.165, 1.54) is 30.0 Å². The number of likely N-dealkylation sites (tertiary alicyclic amines) is 1. The van der Waals surface area contributed by atoms with E-state index in [0.717, 1.165) is 44.5 Å². The molecule has 180 valence electrons. The molecule has 7 nitrogen and oxygen atoms in total. The van der Waals surface area contributed by atoms with Crippen LogP contribution in [0.15, 0.2) is 47.4 Å². The largest absolute Gasteiger partial charge is 0.497 e. The fourth-order valence-corrected chi connectivity index (χ4v) is 5.30. The third-order valence-electron chi connectivity index (χ3n) is 6.31. The molecule has 8 heteroatoms. The van der Waals surface area contributed by atoms with Crippen LogP contribution in [0, 0.1) is 12.8 Å². The molecule has 0 bridgehead atoms. The molecule has 0 spiro atoms. The quantitative estimate of drug-likeness (QED) is 0.603. The maximum Gasteiger partial charge on any atom is 0.242 e. The van der Waals surface area contributed by atoms with Crippen LogP contribution in [0.25, 0.3) is 0 Å². The highest BCUT2D eigenvalue weighted by atomic mass is 32.2. The lowest BCUT2D eigenvalue weighted by Gasteiger charge is -2.31. The maximum atomic E-state index is 12.6. The van der Waals surface area contributed by atoms with Crippen molar-refractivity contribution < 1.29 is 17.9 Å². The number of methoxy groups -OCH3 is 1. The van der Waals surface area contributed by atoms with Gasteiger partial charge in [-0.15, -0.1) is 0 Å². The first-order valence-electron chi connectivity index (χ1n) is 11.4. The van der Waals surface area contributed by atoms with Gasteiger partial charge in [0.1, 0.15) is 5.75 Å². The summed E-state index contributed by atoms with van der Waals surface area (Å²) >= 11 is 0. The van der Waals surface area contributed by atoms with Gasteiger partial charge in [-0.2, -0.15) is 0 Å². The van der Waals surface area contributed by atoms with Crippen molar-refractivity contribution >= 4 is 21.6 Å². The molecule has 1 amide bonds. The van der Waals surface area contributed by atoms with E-state index in [1.807, 2.05) is 12.1 Å². The number of rotatable bonds is 9. The van der Waals surface area contributed by atoms with Crippen molar-refractivity contribution in [1.82, 2.24) is 9.21 Å². The number of sulfonamides is 1. The molecule has 2 aromatic carbocycles. The van der Waals surface area contributed by atoms with Gasteiger partial charge < -0.3 is 10.1 Å². The number of carbonyl (C=O) groups excluding carboxylic acids is 1. The van der Waals surface area contributed by atoms with Crippen molar-refractivity contribution in [2.75, 3.05) is 46.2 Å². The number of hydrogen-bond donors (Lipinski definition) is 1. The summed E-state index contributed by atoms with van der Waals surface area (Å²) in [5, 5.41) is 2.86. The Morgan fingerprint density at radius 2 is 1.79 bits per heavy atom. The van der Waals surface area contributed by atoms with Crippen molar-refractivity contribution in [3.8, 4) is 5.75 Å². The zero-order valence-corrected chi connectivity index (χ0v) is 20.8. The number of nitrogens with zero attached hydrogens (tertiary/aromatic N) is 2. The molecule has 33 heavy (non-hydrogen) atoms. The zero-order valence-electron chi connectivity index (χ0n) is 20.0. The van der Waals surface area contributed by atoms with E-state index < -0.39 is 10.0 Å². The Morgan fingerprint density at radius 1 is 1.12 bits per heavy atom. The van der Waals surface area contributed by atoms with Gasteiger partial charge in [0, 0.05) is 19.8 Å². The fourth-order valence-electron chi connectivity index (χ4n) is 4.15. The van der Waals surface area contributed by atoms with Crippen LogP contribution in [0.1, 0.15) is 30.4 Å². The summed E-state index contributed by atoms with van der Waals surface area (Å²) in [6.45, 7) is 3.86. The van der Waals surface area contributed by atoms with Crippen LogP contribution in [0.4, 0.5) is 5.69 Å². The molecule has 1 N–H and O–H groups in total. The molecule has 1 fully saturated rings. The Labute approximate surface area is 197 Å². The molecule has 0 aliphatic carbocycles. The zero-order chi connectivity index (χ0) is 24.0. The summed E-state index contributed by atoms with van der Waals surface area (Å²) in [5.41, 5.74) is 2.48. The van der Waals surface area contributed by atoms with E-state index in [0.29, 0.717) is 23.7 Å². The van der Waals surface area contributed by atoms with Crippen LogP contribution >= 0.6 is 0 Å². The van der Waals surface area contributed by atoms with Crippen molar-refractivity contribution in [2.45, 2.75) is 37.5 Å². The summed E-state index contributed by atoms with van der Waals surface area (Å²) in [6.07, 6.45) is 4.37. The second kappa shape index (κ2) is 11.1. The molecule has 0 unspecified atom stereocenters. The SMILES string of the molecule is COc1ccc(CCC2CCN(CC(=O)Nc3ccc(C)c(S(=O)(=O)N(C)C)c3)CC2)cc1. The Kier molecular flexibility index (Phi) is 8.51. The van der Waals surface area contributed by atoms with Crippen molar-refractivity contribution in [3.05, 3.63) is 53.6 Å². The number of benzene rings is 2. The molecule has 1 aliphatic heterocycles. The fraction of sp³-hybridized carbons (Fsp3) is 0.480. The number of hydrogen-bond acceptors (Lipinski definition) is 5. The molecule has 1 saturated heterocycles. The molecule has 0 radical (unpaired) electrons. The van der Waals surface area contributed by atoms with Crippen LogP contribution in [0.2, 0.25) is 0 Å². The van der Waals surface area contributed by atoms with E-state index in [9.17, 15) is 13.2 Å². The Balaban J connectivity index is 1.46. The van der Waals surface area contributed by atoms with Gasteiger partial charge in [-0.3, -0.25) is 9.69 Å². The maximum absolute atomic E-state index is 12.6. The minimum atomic E-state index is -3.56. The van der Waals surface area contributed by atoms with Gasteiger partial charge in [0.25, 0.3) is 0 Å². The third kappa shape index (κ3) is 6.79. The summed E-state index contributed by atoms with van der Waals surface area (Å²) < 4.78 is 31.4. The van der Waals surface area contributed by atoms with Gasteiger partial charge in [-0.1, -0.05) is 18.2 Å². The average molecular weight is 474 g/mol. The predicted octanol–water partition coefficient (Wildman–Crippen LogP) is 3.54. The number of aryl methyl sites for hydroxylation is 2. The molecule has 0 aromatic heterocycles. The number of nitrogens with one attached hydrogen (secondary N) is 1. The number of carbonyl (C=O) groups is 1. The molecule has 1 heterocycles. The minimum absolute atomic E-state index is 0.122. The Bertz CT molecular complexity index is 1040. The second-order valence-corrected chi connectivity index (χ2v) is 11.0. The Morgan fingerprint density at radius 3 is 2.39 bits per heavy atom. The highest BCUT2D eigenvalue weighted by Gasteiger charge is 2.22. The van der Waals surface area contributed by atoms with Crippen LogP contribution < -0.4 is 10.1 Å². The summed E-state index contributed by atoms with van der Waals surface area (Å²) in [5.74, 6) is 1.43. The lowest BCUT2D eigenvalue weighted by molar-refractivity contribution is -0.117. The smallest absolute Gasteiger partial charge is 0.242 e. The lowest BCUT2D eigenvalue weighted by atomic mass is 9.90. The van der Waals surface area contributed by atoms with E-state index in [4.69, 9.17) is 4.74 Å². The number of ether oxygens (including phenoxy) is 1. The van der Waals surface area contributed by atoms with Gasteiger partial charge in [-0.25, -0.2) is 12.7 Å². The molecule has 1 aliphatic rings. The van der Waals surface area contributed by atoms with Crippen molar-refractivity contribution in [1.29, 1.82) is 0 Å². The van der Waals surface area contributed by atoms with Crippen molar-refractivity contribution in [3.63, 3.8) is 0 Å².